The summed E-state index contributed by atoms with van der Waals surface area (Å²) in [6, 6.07) is 14.2. The van der Waals surface area contributed by atoms with Crippen LogP contribution in [0.3, 0.4) is 0 Å². The lowest BCUT2D eigenvalue weighted by Gasteiger charge is -2.18. The highest BCUT2D eigenvalue weighted by molar-refractivity contribution is 6.34. The highest BCUT2D eigenvalue weighted by Gasteiger charge is 2.21. The third-order valence-corrected chi connectivity index (χ3v) is 5.03. The van der Waals surface area contributed by atoms with Crippen LogP contribution in [0.25, 0.3) is 11.3 Å². The van der Waals surface area contributed by atoms with E-state index in [0.29, 0.717) is 28.6 Å². The molecule has 3 aromatic rings. The molecule has 0 unspecified atom stereocenters. The van der Waals surface area contributed by atoms with Gasteiger partial charge in [-0.05, 0) is 42.0 Å². The molecule has 0 aliphatic rings. The van der Waals surface area contributed by atoms with Crippen LogP contribution in [0.15, 0.2) is 54.9 Å². The number of carbonyl (C=O) groups is 2. The maximum atomic E-state index is 12.9. The molecule has 0 fully saturated rings. The predicted molar refractivity (Wildman–Crippen MR) is 125 cm³/mol. The molecular formula is C24H25ClN4O3. The molecular weight excluding hydrogens is 428 g/mol. The Bertz CT molecular complexity index is 1120. The van der Waals surface area contributed by atoms with E-state index in [1.54, 1.807) is 31.4 Å². The number of methoxy groups -OCH3 is 1. The van der Waals surface area contributed by atoms with Gasteiger partial charge in [-0.3, -0.25) is 9.59 Å². The number of aromatic nitrogens is 2. The summed E-state index contributed by atoms with van der Waals surface area (Å²) in [5.74, 6) is 0.603. The standard InChI is InChI=1S/C24H25ClN4O3/c1-24(2,3)23(31)26-13-15-5-10-19(25)18(11-15)22(30)29-21-12-20(27-14-28-21)16-6-8-17(32-4)9-7-16/h5-12,14H,13H2,1-4H3,(H,26,31)(H,27,28,29,30). The minimum Gasteiger partial charge on any atom is -0.497 e. The van der Waals surface area contributed by atoms with Gasteiger partial charge in [-0.2, -0.15) is 0 Å². The van der Waals surface area contributed by atoms with Crippen molar-refractivity contribution in [2.24, 2.45) is 5.41 Å². The minimum atomic E-state index is -0.499. The Labute approximate surface area is 192 Å². The lowest BCUT2D eigenvalue weighted by molar-refractivity contribution is -0.128. The second kappa shape index (κ2) is 9.78. The fourth-order valence-corrected chi connectivity index (χ4v) is 3.04. The monoisotopic (exact) mass is 452 g/mol. The van der Waals surface area contributed by atoms with E-state index in [4.69, 9.17) is 16.3 Å². The Kier molecular flexibility index (Phi) is 7.10. The van der Waals surface area contributed by atoms with E-state index in [1.807, 2.05) is 45.0 Å². The Morgan fingerprint density at radius 1 is 1.03 bits per heavy atom. The highest BCUT2D eigenvalue weighted by Crippen LogP contribution is 2.23. The normalized spacial score (nSPS) is 11.0. The Morgan fingerprint density at radius 2 is 1.75 bits per heavy atom. The number of carbonyl (C=O) groups excluding carboxylic acids is 2. The van der Waals surface area contributed by atoms with Gasteiger partial charge < -0.3 is 15.4 Å². The number of ether oxygens (including phenoxy) is 1. The summed E-state index contributed by atoms with van der Waals surface area (Å²) < 4.78 is 5.17. The van der Waals surface area contributed by atoms with Gasteiger partial charge in [-0.25, -0.2) is 9.97 Å². The third-order valence-electron chi connectivity index (χ3n) is 4.70. The van der Waals surface area contributed by atoms with E-state index in [9.17, 15) is 9.59 Å². The van der Waals surface area contributed by atoms with Gasteiger partial charge in [-0.1, -0.05) is 38.4 Å². The first-order chi connectivity index (χ1) is 15.2. The molecule has 166 valence electrons. The van der Waals surface area contributed by atoms with E-state index in [-0.39, 0.29) is 5.91 Å². The number of nitrogens with zero attached hydrogens (tertiary/aromatic N) is 2. The Hall–Kier alpha value is -3.45. The van der Waals surface area contributed by atoms with Crippen LogP contribution in [0.1, 0.15) is 36.7 Å². The first kappa shape index (κ1) is 23.2. The molecule has 0 bridgehead atoms. The smallest absolute Gasteiger partial charge is 0.258 e. The second-order valence-corrected chi connectivity index (χ2v) is 8.63. The molecule has 0 aliphatic carbocycles. The molecule has 0 aliphatic heterocycles. The van der Waals surface area contributed by atoms with Crippen LogP contribution in [0.4, 0.5) is 5.82 Å². The van der Waals surface area contributed by atoms with Crippen LogP contribution in [-0.4, -0.2) is 28.9 Å². The largest absolute Gasteiger partial charge is 0.497 e. The topological polar surface area (TPSA) is 93.2 Å². The zero-order chi connectivity index (χ0) is 23.3. The molecule has 2 amide bonds. The van der Waals surface area contributed by atoms with Crippen molar-refractivity contribution in [1.29, 1.82) is 0 Å². The number of hydrogen-bond acceptors (Lipinski definition) is 5. The first-order valence-corrected chi connectivity index (χ1v) is 10.4. The van der Waals surface area contributed by atoms with Crippen LogP contribution < -0.4 is 15.4 Å². The van der Waals surface area contributed by atoms with Gasteiger partial charge >= 0.3 is 0 Å². The molecule has 7 nitrogen and oxygen atoms in total. The number of benzene rings is 2. The zero-order valence-corrected chi connectivity index (χ0v) is 19.2. The van der Waals surface area contributed by atoms with Crippen LogP contribution in [-0.2, 0) is 11.3 Å². The minimum absolute atomic E-state index is 0.0782. The van der Waals surface area contributed by atoms with Gasteiger partial charge in [0.1, 0.15) is 17.9 Å². The van der Waals surface area contributed by atoms with Crippen molar-refractivity contribution in [2.45, 2.75) is 27.3 Å². The molecule has 1 aromatic heterocycles. The highest BCUT2D eigenvalue weighted by atomic mass is 35.5. The molecule has 32 heavy (non-hydrogen) atoms. The average Bonchev–Trinajstić information content (AvgIpc) is 2.77. The number of nitrogens with one attached hydrogen (secondary N) is 2. The summed E-state index contributed by atoms with van der Waals surface area (Å²) in [4.78, 5) is 33.4. The fourth-order valence-electron chi connectivity index (χ4n) is 2.83. The lowest BCUT2D eigenvalue weighted by Crippen LogP contribution is -2.34. The summed E-state index contributed by atoms with van der Waals surface area (Å²) >= 11 is 6.26. The van der Waals surface area contributed by atoms with Gasteiger partial charge in [0.2, 0.25) is 5.91 Å². The van der Waals surface area contributed by atoms with Crippen molar-refractivity contribution in [3.05, 3.63) is 71.0 Å². The average molecular weight is 453 g/mol. The molecule has 0 saturated carbocycles. The number of halogens is 1. The summed E-state index contributed by atoms with van der Waals surface area (Å²) in [6.07, 6.45) is 1.38. The number of hydrogen-bond donors (Lipinski definition) is 2. The number of amides is 2. The van der Waals surface area contributed by atoms with Crippen LogP contribution in [0.5, 0.6) is 5.75 Å². The molecule has 0 spiro atoms. The summed E-state index contributed by atoms with van der Waals surface area (Å²) in [5.41, 5.74) is 2.07. The lowest BCUT2D eigenvalue weighted by atomic mass is 9.95. The van der Waals surface area contributed by atoms with Crippen LogP contribution >= 0.6 is 11.6 Å². The van der Waals surface area contributed by atoms with Crippen molar-refractivity contribution >= 4 is 29.2 Å². The predicted octanol–water partition coefficient (Wildman–Crippen LogP) is 4.72. The van der Waals surface area contributed by atoms with Gasteiger partial charge in [0.25, 0.3) is 5.91 Å². The van der Waals surface area contributed by atoms with Crippen molar-refractivity contribution < 1.29 is 14.3 Å². The number of rotatable bonds is 6. The van der Waals surface area contributed by atoms with Crippen molar-refractivity contribution in [2.75, 3.05) is 12.4 Å². The van der Waals surface area contributed by atoms with Gasteiger partial charge in [0.15, 0.2) is 0 Å². The van der Waals surface area contributed by atoms with Gasteiger partial charge in [0.05, 0.1) is 23.4 Å². The number of anilines is 1. The quantitative estimate of drug-likeness (QED) is 0.564. The first-order valence-electron chi connectivity index (χ1n) is 10.0. The Balaban J connectivity index is 1.74. The molecule has 1 heterocycles. The summed E-state index contributed by atoms with van der Waals surface area (Å²) in [7, 11) is 1.60. The molecule has 0 saturated heterocycles. The third kappa shape index (κ3) is 5.82. The molecule has 8 heteroatoms. The maximum Gasteiger partial charge on any atom is 0.258 e. The van der Waals surface area contributed by atoms with Crippen molar-refractivity contribution in [3.63, 3.8) is 0 Å². The van der Waals surface area contributed by atoms with E-state index >= 15 is 0 Å². The fraction of sp³-hybridized carbons (Fsp3) is 0.250. The molecule has 2 aromatic carbocycles. The van der Waals surface area contributed by atoms with Crippen LogP contribution in [0, 0.1) is 5.41 Å². The maximum absolute atomic E-state index is 12.9. The molecule has 3 rings (SSSR count). The SMILES string of the molecule is COc1ccc(-c2cc(NC(=O)c3cc(CNC(=O)C(C)(C)C)ccc3Cl)ncn2)cc1. The van der Waals surface area contributed by atoms with Gasteiger partial charge in [0, 0.05) is 23.6 Å². The van der Waals surface area contributed by atoms with Crippen LogP contribution in [0.2, 0.25) is 5.02 Å². The molecule has 0 radical (unpaired) electrons. The molecule has 0 atom stereocenters. The van der Waals surface area contributed by atoms with Gasteiger partial charge in [-0.15, -0.1) is 0 Å². The second-order valence-electron chi connectivity index (χ2n) is 8.22. The van der Waals surface area contributed by atoms with Crippen molar-refractivity contribution in [3.8, 4) is 17.0 Å². The summed E-state index contributed by atoms with van der Waals surface area (Å²) in [5, 5.41) is 5.93. The Morgan fingerprint density at radius 3 is 2.41 bits per heavy atom. The van der Waals surface area contributed by atoms with Crippen molar-refractivity contribution in [1.82, 2.24) is 15.3 Å². The summed E-state index contributed by atoms with van der Waals surface area (Å²) in [6.45, 7) is 5.81. The van der Waals surface area contributed by atoms with E-state index in [2.05, 4.69) is 20.6 Å². The zero-order valence-electron chi connectivity index (χ0n) is 18.4. The van der Waals surface area contributed by atoms with E-state index in [1.165, 1.54) is 6.33 Å². The van der Waals surface area contributed by atoms with E-state index < -0.39 is 11.3 Å². The van der Waals surface area contributed by atoms with E-state index in [0.717, 1.165) is 16.9 Å². The molecule has 2 N–H and O–H groups in total.